The van der Waals surface area contributed by atoms with Gasteiger partial charge in [-0.2, -0.15) is 22.6 Å². The van der Waals surface area contributed by atoms with Gasteiger partial charge in [0.2, 0.25) is 16.0 Å². The first-order chi connectivity index (χ1) is 17.5. The minimum Gasteiger partial charge on any atom is -0.336 e. The smallest absolute Gasteiger partial charge is 0.336 e. The number of hydrogen-bond acceptors (Lipinski definition) is 6. The fourth-order valence-corrected chi connectivity index (χ4v) is 5.86. The van der Waals surface area contributed by atoms with Crippen molar-refractivity contribution in [3.8, 4) is 5.95 Å². The Balaban J connectivity index is 1.34. The first-order valence-electron chi connectivity index (χ1n) is 11.1. The zero-order chi connectivity index (χ0) is 26.5. The second-order valence-electron chi connectivity index (χ2n) is 8.36. The molecule has 5 rings (SSSR count). The zero-order valence-electron chi connectivity index (χ0n) is 19.3. The summed E-state index contributed by atoms with van der Waals surface area (Å²) in [6.45, 7) is 1.22. The van der Waals surface area contributed by atoms with Gasteiger partial charge in [0.25, 0.3) is 11.5 Å². The normalized spacial score (nSPS) is 15.4. The van der Waals surface area contributed by atoms with Crippen LogP contribution in [0.4, 0.5) is 13.2 Å². The number of alkyl halides is 3. The van der Waals surface area contributed by atoms with Crippen LogP contribution in [0.3, 0.4) is 0 Å². The van der Waals surface area contributed by atoms with Gasteiger partial charge in [-0.3, -0.25) is 14.6 Å². The Hall–Kier alpha value is -3.98. The molecule has 0 radical (unpaired) electrons. The third-order valence-corrected chi connectivity index (χ3v) is 8.12. The summed E-state index contributed by atoms with van der Waals surface area (Å²) in [5.41, 5.74) is -0.665. The van der Waals surface area contributed by atoms with Crippen LogP contribution < -0.4 is 5.56 Å². The molecule has 1 aliphatic heterocycles. The van der Waals surface area contributed by atoms with Crippen molar-refractivity contribution >= 4 is 21.4 Å². The highest BCUT2D eigenvalue weighted by Gasteiger charge is 2.40. The largest absolute Gasteiger partial charge is 0.417 e. The molecule has 1 saturated heterocycles. The molecule has 0 aliphatic carbocycles. The number of aromatic nitrogens is 5. The average molecular weight is 536 g/mol. The van der Waals surface area contributed by atoms with Gasteiger partial charge in [-0.1, -0.05) is 12.1 Å². The first-order valence-corrected chi connectivity index (χ1v) is 12.5. The number of nitrogens with zero attached hydrogens (tertiary/aromatic N) is 6. The summed E-state index contributed by atoms with van der Waals surface area (Å²) in [6.07, 6.45) is -1.91. The molecule has 15 heteroatoms. The summed E-state index contributed by atoms with van der Waals surface area (Å²) < 4.78 is 69.7. The molecule has 0 unspecified atom stereocenters. The lowest BCUT2D eigenvalue weighted by Gasteiger charge is -2.34. The maximum absolute atomic E-state index is 13.4. The van der Waals surface area contributed by atoms with Crippen molar-refractivity contribution in [3.05, 3.63) is 76.0 Å². The summed E-state index contributed by atoms with van der Waals surface area (Å²) in [4.78, 5) is 28.6. The molecule has 1 fully saturated rings. The second-order valence-corrected chi connectivity index (χ2v) is 10.3. The number of aromatic amines is 1. The Morgan fingerprint density at radius 2 is 1.76 bits per heavy atom. The van der Waals surface area contributed by atoms with E-state index < -0.39 is 32.6 Å². The highest BCUT2D eigenvalue weighted by atomic mass is 32.2. The number of rotatable bonds is 4. The quantitative estimate of drug-likeness (QED) is 0.424. The maximum Gasteiger partial charge on any atom is 0.417 e. The van der Waals surface area contributed by atoms with E-state index in [4.69, 9.17) is 0 Å². The predicted octanol–water partition coefficient (Wildman–Crippen LogP) is 1.68. The number of carbonyl (C=O) groups is 1. The number of nitrogens with one attached hydrogen (secondary N) is 1. The topological polar surface area (TPSA) is 126 Å². The number of H-pyrrole nitrogens is 1. The number of sulfonamides is 1. The molecule has 4 heterocycles. The number of amides is 1. The fraction of sp³-hybridized carbons (Fsp3) is 0.273. The van der Waals surface area contributed by atoms with Crippen LogP contribution in [0, 0.1) is 6.92 Å². The van der Waals surface area contributed by atoms with E-state index in [1.807, 2.05) is 0 Å². The minimum absolute atomic E-state index is 0.0265. The van der Waals surface area contributed by atoms with Crippen molar-refractivity contribution in [1.82, 2.24) is 33.6 Å². The molecule has 0 bridgehead atoms. The van der Waals surface area contributed by atoms with E-state index in [9.17, 15) is 31.2 Å². The van der Waals surface area contributed by atoms with E-state index in [-0.39, 0.29) is 43.3 Å². The van der Waals surface area contributed by atoms with Gasteiger partial charge in [0.15, 0.2) is 0 Å². The van der Waals surface area contributed by atoms with Crippen LogP contribution in [0.1, 0.15) is 21.6 Å². The van der Waals surface area contributed by atoms with E-state index in [0.717, 1.165) is 22.5 Å². The summed E-state index contributed by atoms with van der Waals surface area (Å²) in [7, 11) is -4.43. The highest BCUT2D eigenvalue weighted by molar-refractivity contribution is 7.89. The van der Waals surface area contributed by atoms with Crippen molar-refractivity contribution in [1.29, 1.82) is 0 Å². The van der Waals surface area contributed by atoms with Gasteiger partial charge >= 0.3 is 6.18 Å². The molecule has 3 aromatic heterocycles. The third kappa shape index (κ3) is 4.29. The van der Waals surface area contributed by atoms with Gasteiger partial charge in [0.1, 0.15) is 5.52 Å². The van der Waals surface area contributed by atoms with Crippen molar-refractivity contribution in [2.75, 3.05) is 26.2 Å². The molecular formula is C22H20F3N7O4S. The Morgan fingerprint density at radius 3 is 2.46 bits per heavy atom. The standard InChI is InChI=1S/C22H20F3N7O4S/c1-14-15(13-26-32(14)21-27-19(33)17-6-4-8-31(17)28-21)20(34)29-9-11-30(12-10-29)37(35,36)18-7-3-2-5-16(18)22(23,24)25/h2-8,13H,9-12H2,1H3,(H,27,28,33). The van der Waals surface area contributed by atoms with E-state index in [0.29, 0.717) is 11.2 Å². The van der Waals surface area contributed by atoms with Gasteiger partial charge < -0.3 is 4.90 Å². The maximum atomic E-state index is 13.4. The van der Waals surface area contributed by atoms with Crippen LogP contribution in [-0.4, -0.2) is 74.1 Å². The number of benzene rings is 1. The van der Waals surface area contributed by atoms with E-state index >= 15 is 0 Å². The zero-order valence-corrected chi connectivity index (χ0v) is 20.1. The molecule has 1 aliphatic rings. The monoisotopic (exact) mass is 535 g/mol. The SMILES string of the molecule is Cc1c(C(=O)N2CCN(S(=O)(=O)c3ccccc3C(F)(F)F)CC2)cnn1-c1nn2cccc2c(=O)[nH]1. The Labute approximate surface area is 207 Å². The van der Waals surface area contributed by atoms with Gasteiger partial charge in [-0.05, 0) is 31.2 Å². The number of piperazine rings is 1. The van der Waals surface area contributed by atoms with E-state index in [1.165, 1.54) is 26.4 Å². The number of fused-ring (bicyclic) bond motifs is 1. The van der Waals surface area contributed by atoms with Gasteiger partial charge in [0.05, 0.1) is 27.9 Å². The predicted molar refractivity (Wildman–Crippen MR) is 124 cm³/mol. The lowest BCUT2D eigenvalue weighted by atomic mass is 10.2. The van der Waals surface area contributed by atoms with Crippen LogP contribution in [-0.2, 0) is 16.2 Å². The summed E-state index contributed by atoms with van der Waals surface area (Å²) in [5, 5.41) is 8.46. The van der Waals surface area contributed by atoms with E-state index in [2.05, 4.69) is 15.2 Å². The van der Waals surface area contributed by atoms with Gasteiger partial charge in [-0.15, -0.1) is 5.10 Å². The number of halogens is 3. The van der Waals surface area contributed by atoms with Crippen molar-refractivity contribution in [2.24, 2.45) is 0 Å². The molecule has 1 aromatic carbocycles. The molecule has 37 heavy (non-hydrogen) atoms. The van der Waals surface area contributed by atoms with Crippen molar-refractivity contribution in [3.63, 3.8) is 0 Å². The van der Waals surface area contributed by atoms with Crippen LogP contribution in [0.25, 0.3) is 11.5 Å². The van der Waals surface area contributed by atoms with Gasteiger partial charge in [0, 0.05) is 32.4 Å². The Bertz CT molecular complexity index is 1670. The lowest BCUT2D eigenvalue weighted by Crippen LogP contribution is -2.50. The Morgan fingerprint density at radius 1 is 1.05 bits per heavy atom. The Kier molecular flexibility index (Phi) is 5.91. The molecule has 1 amide bonds. The van der Waals surface area contributed by atoms with Crippen LogP contribution in [0.15, 0.2) is 58.5 Å². The molecular weight excluding hydrogens is 515 g/mol. The minimum atomic E-state index is -4.83. The van der Waals surface area contributed by atoms with Crippen LogP contribution >= 0.6 is 0 Å². The molecule has 0 saturated carbocycles. The third-order valence-electron chi connectivity index (χ3n) is 6.17. The average Bonchev–Trinajstić information content (AvgIpc) is 3.50. The van der Waals surface area contributed by atoms with Gasteiger partial charge in [-0.25, -0.2) is 17.6 Å². The summed E-state index contributed by atoms with van der Waals surface area (Å²) >= 11 is 0. The molecule has 0 atom stereocenters. The molecule has 1 N–H and O–H groups in total. The first kappa shape index (κ1) is 24.7. The number of hydrogen-bond donors (Lipinski definition) is 1. The highest BCUT2D eigenvalue weighted by Crippen LogP contribution is 2.35. The van der Waals surface area contributed by atoms with Crippen molar-refractivity contribution in [2.45, 2.75) is 18.0 Å². The lowest BCUT2D eigenvalue weighted by molar-refractivity contribution is -0.139. The molecule has 0 spiro atoms. The number of carbonyl (C=O) groups excluding carboxylic acids is 1. The molecule has 194 valence electrons. The summed E-state index contributed by atoms with van der Waals surface area (Å²) in [6, 6.07) is 7.27. The fourth-order valence-electron chi connectivity index (χ4n) is 4.23. The van der Waals surface area contributed by atoms with E-state index in [1.54, 1.807) is 25.3 Å². The van der Waals surface area contributed by atoms with Crippen molar-refractivity contribution < 1.29 is 26.4 Å². The van der Waals surface area contributed by atoms with Crippen LogP contribution in [0.2, 0.25) is 0 Å². The van der Waals surface area contributed by atoms with Crippen LogP contribution in [0.5, 0.6) is 0 Å². The molecule has 4 aromatic rings. The second kappa shape index (κ2) is 8.85. The molecule has 11 nitrogen and oxygen atoms in total. The summed E-state index contributed by atoms with van der Waals surface area (Å²) in [5.74, 6) is -0.328.